The summed E-state index contributed by atoms with van der Waals surface area (Å²) in [6.07, 6.45) is 8.79. The van der Waals surface area contributed by atoms with Crippen LogP contribution in [0, 0.1) is 0 Å². The highest BCUT2D eigenvalue weighted by molar-refractivity contribution is 4.62. The molecular weight excluding hydrogens is 280 g/mol. The Bertz CT molecular complexity index is 212. The van der Waals surface area contributed by atoms with Crippen LogP contribution in [0.5, 0.6) is 0 Å². The first-order valence-electron chi connectivity index (χ1n) is 9.05. The van der Waals surface area contributed by atoms with E-state index in [9.17, 15) is 0 Å². The molecule has 0 saturated heterocycles. The highest BCUT2D eigenvalue weighted by atomic mass is 16.3. The van der Waals surface area contributed by atoms with Gasteiger partial charge in [-0.3, -0.25) is 4.90 Å². The van der Waals surface area contributed by atoms with E-state index in [1.807, 2.05) is 0 Å². The Balaban J connectivity index is 3.77. The Hall–Kier alpha value is -0.200. The molecule has 0 unspecified atom stereocenters. The van der Waals surface area contributed by atoms with Crippen LogP contribution in [-0.4, -0.2) is 84.2 Å². The summed E-state index contributed by atoms with van der Waals surface area (Å²) in [5.41, 5.74) is 0. The van der Waals surface area contributed by atoms with E-state index in [1.54, 1.807) is 0 Å². The molecule has 0 atom stereocenters. The number of nitrogens with zero attached hydrogens (tertiary/aromatic N) is 2. The van der Waals surface area contributed by atoms with E-state index in [0.717, 1.165) is 32.6 Å². The van der Waals surface area contributed by atoms with Gasteiger partial charge in [0.25, 0.3) is 0 Å². The zero-order valence-electron chi connectivity index (χ0n) is 14.5. The molecule has 134 valence electrons. The average Bonchev–Trinajstić information content (AvgIpc) is 2.51. The van der Waals surface area contributed by atoms with Crippen LogP contribution in [0.3, 0.4) is 0 Å². The van der Waals surface area contributed by atoms with E-state index in [1.165, 1.54) is 38.5 Å². The van der Waals surface area contributed by atoms with Gasteiger partial charge >= 0.3 is 0 Å². The third kappa shape index (κ3) is 13.5. The molecule has 0 aliphatic rings. The quantitative estimate of drug-likeness (QED) is 0.353. The minimum absolute atomic E-state index is 0.137. The molecule has 0 saturated carbocycles. The van der Waals surface area contributed by atoms with Gasteiger partial charge in [0, 0.05) is 19.6 Å². The van der Waals surface area contributed by atoms with Crippen molar-refractivity contribution >= 4 is 0 Å². The Morgan fingerprint density at radius 1 is 0.500 bits per heavy atom. The maximum atomic E-state index is 9.17. The van der Waals surface area contributed by atoms with Crippen LogP contribution in [0.1, 0.15) is 51.9 Å². The van der Waals surface area contributed by atoms with E-state index in [-0.39, 0.29) is 19.8 Å². The molecule has 0 aromatic rings. The lowest BCUT2D eigenvalue weighted by Crippen LogP contribution is -2.35. The lowest BCUT2D eigenvalue weighted by atomic mass is 10.1. The van der Waals surface area contributed by atoms with Crippen LogP contribution < -0.4 is 0 Å². The van der Waals surface area contributed by atoms with Gasteiger partial charge in [0.15, 0.2) is 0 Å². The van der Waals surface area contributed by atoms with Crippen molar-refractivity contribution in [1.29, 1.82) is 0 Å². The zero-order chi connectivity index (χ0) is 16.5. The van der Waals surface area contributed by atoms with E-state index < -0.39 is 0 Å². The summed E-state index contributed by atoms with van der Waals surface area (Å²) in [5.74, 6) is 0. The summed E-state index contributed by atoms with van der Waals surface area (Å²) in [4.78, 5) is 4.41. The van der Waals surface area contributed by atoms with Crippen molar-refractivity contribution in [2.24, 2.45) is 0 Å². The predicted molar refractivity (Wildman–Crippen MR) is 92.1 cm³/mol. The van der Waals surface area contributed by atoms with Crippen LogP contribution in [0.4, 0.5) is 0 Å². The average molecular weight is 319 g/mol. The summed E-state index contributed by atoms with van der Waals surface area (Å²) in [6.45, 7) is 7.64. The van der Waals surface area contributed by atoms with Crippen molar-refractivity contribution in [1.82, 2.24) is 9.80 Å². The highest BCUT2D eigenvalue weighted by Crippen LogP contribution is 2.06. The fourth-order valence-corrected chi connectivity index (χ4v) is 2.73. The van der Waals surface area contributed by atoms with Crippen LogP contribution in [0.2, 0.25) is 0 Å². The molecule has 5 heteroatoms. The van der Waals surface area contributed by atoms with Crippen molar-refractivity contribution in [2.75, 3.05) is 59.1 Å². The maximum Gasteiger partial charge on any atom is 0.0558 e. The molecule has 0 aromatic carbocycles. The first kappa shape index (κ1) is 21.8. The Labute approximate surface area is 136 Å². The molecule has 0 radical (unpaired) electrons. The topological polar surface area (TPSA) is 67.2 Å². The van der Waals surface area contributed by atoms with Crippen molar-refractivity contribution in [3.63, 3.8) is 0 Å². The van der Waals surface area contributed by atoms with Gasteiger partial charge in [0.2, 0.25) is 0 Å². The molecule has 0 rings (SSSR count). The van der Waals surface area contributed by atoms with Gasteiger partial charge < -0.3 is 20.2 Å². The number of aliphatic hydroxyl groups excluding tert-OH is 3. The molecule has 0 heterocycles. The molecule has 0 fully saturated rings. The summed E-state index contributed by atoms with van der Waals surface area (Å²) in [6, 6.07) is 0. The summed E-state index contributed by atoms with van der Waals surface area (Å²) in [5, 5.41) is 27.2. The molecule has 0 aliphatic heterocycles. The second-order valence-corrected chi connectivity index (χ2v) is 5.98. The normalized spacial score (nSPS) is 11.7. The minimum Gasteiger partial charge on any atom is -0.395 e. The van der Waals surface area contributed by atoms with Gasteiger partial charge in [-0.05, 0) is 32.5 Å². The second kappa shape index (κ2) is 17.2. The Kier molecular flexibility index (Phi) is 17.0. The van der Waals surface area contributed by atoms with Crippen LogP contribution >= 0.6 is 0 Å². The second-order valence-electron chi connectivity index (χ2n) is 5.98. The van der Waals surface area contributed by atoms with Gasteiger partial charge in [0.1, 0.15) is 0 Å². The van der Waals surface area contributed by atoms with E-state index in [4.69, 9.17) is 15.3 Å². The standard InChI is InChI=1S/C17H38N2O3/c1-2-3-4-5-6-7-9-18(12-15-20)10-8-11-19(13-16-21)14-17-22/h20-22H,2-17H2,1H3. The van der Waals surface area contributed by atoms with Gasteiger partial charge in [-0.2, -0.15) is 0 Å². The van der Waals surface area contributed by atoms with E-state index >= 15 is 0 Å². The smallest absolute Gasteiger partial charge is 0.0558 e. The van der Waals surface area contributed by atoms with Crippen molar-refractivity contribution in [3.05, 3.63) is 0 Å². The Morgan fingerprint density at radius 2 is 0.909 bits per heavy atom. The van der Waals surface area contributed by atoms with Crippen molar-refractivity contribution in [2.45, 2.75) is 51.9 Å². The maximum absolute atomic E-state index is 9.17. The molecule has 0 spiro atoms. The van der Waals surface area contributed by atoms with E-state index in [0.29, 0.717) is 13.1 Å². The molecule has 0 bridgehead atoms. The fourth-order valence-electron chi connectivity index (χ4n) is 2.73. The molecule has 0 aromatic heterocycles. The molecule has 22 heavy (non-hydrogen) atoms. The summed E-state index contributed by atoms with van der Waals surface area (Å²) >= 11 is 0. The summed E-state index contributed by atoms with van der Waals surface area (Å²) < 4.78 is 0. The van der Waals surface area contributed by atoms with Gasteiger partial charge in [-0.1, -0.05) is 39.0 Å². The molecule has 0 amide bonds. The predicted octanol–water partition coefficient (Wildman–Crippen LogP) is 1.32. The molecule has 0 aliphatic carbocycles. The number of hydrogen-bond donors (Lipinski definition) is 3. The van der Waals surface area contributed by atoms with Gasteiger partial charge in [-0.25, -0.2) is 0 Å². The van der Waals surface area contributed by atoms with Gasteiger partial charge in [0.05, 0.1) is 19.8 Å². The number of aliphatic hydroxyl groups is 3. The third-order valence-electron chi connectivity index (χ3n) is 4.03. The van der Waals surface area contributed by atoms with Crippen LogP contribution in [0.15, 0.2) is 0 Å². The lowest BCUT2D eigenvalue weighted by Gasteiger charge is -2.24. The van der Waals surface area contributed by atoms with Crippen molar-refractivity contribution in [3.8, 4) is 0 Å². The molecule has 3 N–H and O–H groups in total. The molecule has 5 nitrogen and oxygen atoms in total. The highest BCUT2D eigenvalue weighted by Gasteiger charge is 2.07. The number of rotatable bonds is 17. The first-order chi connectivity index (χ1) is 10.8. The first-order valence-corrected chi connectivity index (χ1v) is 9.05. The SMILES string of the molecule is CCCCCCCCN(CCO)CCCN(CCO)CCO. The largest absolute Gasteiger partial charge is 0.395 e. The number of hydrogen-bond acceptors (Lipinski definition) is 5. The summed E-state index contributed by atoms with van der Waals surface area (Å²) in [7, 11) is 0. The van der Waals surface area contributed by atoms with Crippen LogP contribution in [0.25, 0.3) is 0 Å². The third-order valence-corrected chi connectivity index (χ3v) is 4.03. The Morgan fingerprint density at radius 3 is 1.41 bits per heavy atom. The number of unbranched alkanes of at least 4 members (excludes halogenated alkanes) is 5. The van der Waals surface area contributed by atoms with Gasteiger partial charge in [-0.15, -0.1) is 0 Å². The fraction of sp³-hybridized carbons (Fsp3) is 1.00. The lowest BCUT2D eigenvalue weighted by molar-refractivity contribution is 0.147. The van der Waals surface area contributed by atoms with Crippen molar-refractivity contribution < 1.29 is 15.3 Å². The monoisotopic (exact) mass is 318 g/mol. The minimum atomic E-state index is 0.137. The zero-order valence-corrected chi connectivity index (χ0v) is 14.5. The molecular formula is C17H38N2O3. The van der Waals surface area contributed by atoms with E-state index in [2.05, 4.69) is 16.7 Å². The van der Waals surface area contributed by atoms with Crippen LogP contribution in [-0.2, 0) is 0 Å².